The Morgan fingerprint density at radius 1 is 1.32 bits per heavy atom. The zero-order valence-electron chi connectivity index (χ0n) is 11.9. The number of aliphatic hydroxyl groups excluding tert-OH is 1. The number of nitrogens with zero attached hydrogens (tertiary/aromatic N) is 2. The van der Waals surface area contributed by atoms with Gasteiger partial charge in [-0.15, -0.1) is 0 Å². The van der Waals surface area contributed by atoms with Crippen LogP contribution in [0.2, 0.25) is 0 Å². The Morgan fingerprint density at radius 3 is 2.55 bits per heavy atom. The Balaban J connectivity index is 2.17. The Hall–Kier alpha value is -1.84. The van der Waals surface area contributed by atoms with E-state index in [1.54, 1.807) is 7.05 Å². The van der Waals surface area contributed by atoms with E-state index in [0.29, 0.717) is 0 Å². The summed E-state index contributed by atoms with van der Waals surface area (Å²) in [6.07, 6.45) is 1.14. The third kappa shape index (κ3) is 3.49. The highest BCUT2D eigenvalue weighted by atomic mass is 32.2. The molecule has 0 fully saturated rings. The molecule has 22 heavy (non-hydrogen) atoms. The van der Waals surface area contributed by atoms with Gasteiger partial charge in [-0.3, -0.25) is 4.68 Å². The normalized spacial score (nSPS) is 14.8. The SMILES string of the molecule is C[C@@H](NS(=O)(=O)c1cnn(C)c1)[C@H](O)c1ccc(F)c(F)c1. The van der Waals surface area contributed by atoms with Crippen LogP contribution >= 0.6 is 0 Å². The smallest absolute Gasteiger partial charge is 0.244 e. The van der Waals surface area contributed by atoms with Crippen LogP contribution in [0.5, 0.6) is 0 Å². The molecule has 0 aliphatic heterocycles. The van der Waals surface area contributed by atoms with Gasteiger partial charge in [-0.1, -0.05) is 6.07 Å². The summed E-state index contributed by atoms with van der Waals surface area (Å²) in [5.41, 5.74) is 0.0697. The lowest BCUT2D eigenvalue weighted by Crippen LogP contribution is -2.37. The number of hydrogen-bond donors (Lipinski definition) is 2. The summed E-state index contributed by atoms with van der Waals surface area (Å²) in [4.78, 5) is -0.0562. The van der Waals surface area contributed by atoms with Gasteiger partial charge >= 0.3 is 0 Å². The zero-order valence-corrected chi connectivity index (χ0v) is 12.7. The van der Waals surface area contributed by atoms with Crippen LogP contribution in [0.1, 0.15) is 18.6 Å². The van der Waals surface area contributed by atoms with E-state index >= 15 is 0 Å². The number of benzene rings is 1. The molecule has 0 aliphatic rings. The topological polar surface area (TPSA) is 84.2 Å². The van der Waals surface area contributed by atoms with Crippen molar-refractivity contribution in [2.24, 2.45) is 7.05 Å². The molecule has 2 aromatic rings. The number of hydrogen-bond acceptors (Lipinski definition) is 4. The number of aromatic nitrogens is 2. The molecule has 0 radical (unpaired) electrons. The molecule has 0 saturated carbocycles. The molecule has 0 bridgehead atoms. The third-order valence-electron chi connectivity index (χ3n) is 3.09. The van der Waals surface area contributed by atoms with Crippen LogP contribution in [0.4, 0.5) is 8.78 Å². The summed E-state index contributed by atoms with van der Waals surface area (Å²) in [5.74, 6) is -2.15. The largest absolute Gasteiger partial charge is 0.387 e. The van der Waals surface area contributed by atoms with Gasteiger partial charge in [0.25, 0.3) is 0 Å². The molecule has 120 valence electrons. The first-order chi connectivity index (χ1) is 10.2. The highest BCUT2D eigenvalue weighted by Crippen LogP contribution is 2.20. The minimum Gasteiger partial charge on any atom is -0.387 e. The van der Waals surface area contributed by atoms with Gasteiger partial charge in [0.05, 0.1) is 12.3 Å². The second-order valence-corrected chi connectivity index (χ2v) is 6.59. The van der Waals surface area contributed by atoms with E-state index in [-0.39, 0.29) is 10.5 Å². The molecule has 0 unspecified atom stereocenters. The van der Waals surface area contributed by atoms with Crippen molar-refractivity contribution >= 4 is 10.0 Å². The first kappa shape index (κ1) is 16.5. The Morgan fingerprint density at radius 2 is 2.00 bits per heavy atom. The summed E-state index contributed by atoms with van der Waals surface area (Å²) in [6.45, 7) is 1.42. The van der Waals surface area contributed by atoms with E-state index in [1.165, 1.54) is 30.1 Å². The fraction of sp³-hybridized carbons (Fsp3) is 0.308. The van der Waals surface area contributed by atoms with Gasteiger partial charge in [0.1, 0.15) is 4.90 Å². The number of halogens is 2. The van der Waals surface area contributed by atoms with E-state index in [1.807, 2.05) is 0 Å². The van der Waals surface area contributed by atoms with Crippen LogP contribution in [0, 0.1) is 11.6 Å². The maximum absolute atomic E-state index is 13.2. The summed E-state index contributed by atoms with van der Waals surface area (Å²) in [7, 11) is -2.30. The van der Waals surface area contributed by atoms with E-state index in [4.69, 9.17) is 0 Å². The lowest BCUT2D eigenvalue weighted by atomic mass is 10.0. The average molecular weight is 331 g/mol. The van der Waals surface area contributed by atoms with Crippen LogP contribution in [-0.2, 0) is 17.1 Å². The Bertz CT molecular complexity index is 777. The predicted molar refractivity (Wildman–Crippen MR) is 74.3 cm³/mol. The molecule has 9 heteroatoms. The van der Waals surface area contributed by atoms with Gasteiger partial charge in [-0.05, 0) is 24.6 Å². The van der Waals surface area contributed by atoms with Crippen molar-refractivity contribution in [3.8, 4) is 0 Å². The van der Waals surface area contributed by atoms with Gasteiger partial charge in [-0.25, -0.2) is 21.9 Å². The van der Waals surface area contributed by atoms with Crippen LogP contribution in [0.15, 0.2) is 35.5 Å². The molecule has 6 nitrogen and oxygen atoms in total. The molecular weight excluding hydrogens is 316 g/mol. The molecule has 1 aromatic carbocycles. The molecule has 0 amide bonds. The van der Waals surface area contributed by atoms with Crippen LogP contribution < -0.4 is 4.72 Å². The summed E-state index contributed by atoms with van der Waals surface area (Å²) in [5, 5.41) is 13.8. The lowest BCUT2D eigenvalue weighted by molar-refractivity contribution is 0.146. The maximum atomic E-state index is 13.2. The molecule has 2 N–H and O–H groups in total. The number of nitrogens with one attached hydrogen (secondary N) is 1. The molecule has 1 heterocycles. The molecule has 0 spiro atoms. The van der Waals surface area contributed by atoms with Gasteiger partial charge < -0.3 is 5.11 Å². The van der Waals surface area contributed by atoms with E-state index in [9.17, 15) is 22.3 Å². The van der Waals surface area contributed by atoms with Crippen molar-refractivity contribution < 1.29 is 22.3 Å². The quantitative estimate of drug-likeness (QED) is 0.859. The van der Waals surface area contributed by atoms with Crippen LogP contribution in [0.3, 0.4) is 0 Å². The molecular formula is C13H15F2N3O3S. The fourth-order valence-corrected chi connectivity index (χ4v) is 3.13. The second kappa shape index (κ2) is 6.11. The van der Waals surface area contributed by atoms with Crippen molar-refractivity contribution in [3.05, 3.63) is 47.8 Å². The summed E-state index contributed by atoms with van der Waals surface area (Å²) in [6, 6.07) is 1.94. The minimum atomic E-state index is -3.87. The van der Waals surface area contributed by atoms with Gasteiger partial charge in [0.15, 0.2) is 11.6 Å². The summed E-state index contributed by atoms with van der Waals surface area (Å²) < 4.78 is 53.9. The van der Waals surface area contributed by atoms with E-state index in [2.05, 4.69) is 9.82 Å². The highest BCUT2D eigenvalue weighted by Gasteiger charge is 2.25. The number of aryl methyl sites for hydroxylation is 1. The maximum Gasteiger partial charge on any atom is 0.244 e. The lowest BCUT2D eigenvalue weighted by Gasteiger charge is -2.20. The predicted octanol–water partition coefficient (Wildman–Crippen LogP) is 1.10. The molecule has 1 aromatic heterocycles. The number of aliphatic hydroxyl groups is 1. The second-order valence-electron chi connectivity index (χ2n) is 4.88. The standard InChI is InChI=1S/C13H15F2N3O3S/c1-8(13(19)9-3-4-11(14)12(15)5-9)17-22(20,21)10-6-16-18(2)7-10/h3-8,13,17,19H,1-2H3/t8-,13+/m1/s1. The van der Waals surface area contributed by atoms with Crippen molar-refractivity contribution in [2.75, 3.05) is 0 Å². The first-order valence-electron chi connectivity index (χ1n) is 6.34. The Kier molecular flexibility index (Phi) is 4.59. The Labute approximate surface area is 126 Å². The van der Waals surface area contributed by atoms with E-state index in [0.717, 1.165) is 12.1 Å². The van der Waals surface area contributed by atoms with Crippen molar-refractivity contribution in [1.82, 2.24) is 14.5 Å². The third-order valence-corrected chi connectivity index (χ3v) is 4.60. The van der Waals surface area contributed by atoms with Gasteiger partial charge in [0, 0.05) is 19.3 Å². The average Bonchev–Trinajstić information content (AvgIpc) is 2.88. The number of sulfonamides is 1. The monoisotopic (exact) mass is 331 g/mol. The van der Waals surface area contributed by atoms with Gasteiger partial charge in [0.2, 0.25) is 10.0 Å². The molecule has 2 rings (SSSR count). The van der Waals surface area contributed by atoms with Gasteiger partial charge in [-0.2, -0.15) is 5.10 Å². The summed E-state index contributed by atoms with van der Waals surface area (Å²) >= 11 is 0. The fourth-order valence-electron chi connectivity index (χ4n) is 1.90. The van der Waals surface area contributed by atoms with Crippen molar-refractivity contribution in [1.29, 1.82) is 0 Å². The molecule has 0 saturated heterocycles. The highest BCUT2D eigenvalue weighted by molar-refractivity contribution is 7.89. The van der Waals surface area contributed by atoms with Crippen molar-refractivity contribution in [3.63, 3.8) is 0 Å². The molecule has 2 atom stereocenters. The van der Waals surface area contributed by atoms with Crippen LogP contribution in [-0.4, -0.2) is 29.3 Å². The minimum absolute atomic E-state index is 0.0562. The first-order valence-corrected chi connectivity index (χ1v) is 7.83. The van der Waals surface area contributed by atoms with Crippen LogP contribution in [0.25, 0.3) is 0 Å². The van der Waals surface area contributed by atoms with Crippen molar-refractivity contribution in [2.45, 2.75) is 24.0 Å². The zero-order chi connectivity index (χ0) is 16.5. The van der Waals surface area contributed by atoms with E-state index < -0.39 is 33.8 Å². The molecule has 0 aliphatic carbocycles. The number of rotatable bonds is 5.